The fourth-order valence-corrected chi connectivity index (χ4v) is 1.29. The number of hydrogen-bond acceptors (Lipinski definition) is 4. The van der Waals surface area contributed by atoms with Crippen LogP contribution in [0.2, 0.25) is 0 Å². The van der Waals surface area contributed by atoms with Crippen LogP contribution in [0.3, 0.4) is 0 Å². The largest absolute Gasteiger partial charge is 0.294 e. The first kappa shape index (κ1) is 7.97. The van der Waals surface area contributed by atoms with Crippen LogP contribution < -0.4 is 0 Å². The molecule has 5 heteroatoms. The summed E-state index contributed by atoms with van der Waals surface area (Å²) in [5.74, 6) is -0.335. The monoisotopic (exact) mass is 179 g/mol. The van der Waals surface area contributed by atoms with Gasteiger partial charge in [-0.05, 0) is 0 Å². The Labute approximate surface area is 75.3 Å². The van der Waals surface area contributed by atoms with Crippen molar-refractivity contribution in [3.8, 4) is 0 Å². The van der Waals surface area contributed by atoms with Crippen LogP contribution >= 0.6 is 0 Å². The van der Waals surface area contributed by atoms with Crippen LogP contribution in [0.1, 0.15) is 6.42 Å². The molecule has 2 heterocycles. The molecular formula is C8H9N3O2. The minimum absolute atomic E-state index is 0.0408. The lowest BCUT2D eigenvalue weighted by Gasteiger charge is -2.28. The maximum atomic E-state index is 11.3. The molecule has 0 aromatic rings. The summed E-state index contributed by atoms with van der Waals surface area (Å²) < 4.78 is 0. The van der Waals surface area contributed by atoms with E-state index in [1.165, 1.54) is 17.3 Å². The zero-order valence-corrected chi connectivity index (χ0v) is 7.01. The summed E-state index contributed by atoms with van der Waals surface area (Å²) >= 11 is 0. The molecule has 0 N–H and O–H groups in total. The Bertz CT molecular complexity index is 309. The summed E-state index contributed by atoms with van der Waals surface area (Å²) in [5, 5.41) is 3.13. The summed E-state index contributed by atoms with van der Waals surface area (Å²) in [7, 11) is 0. The van der Waals surface area contributed by atoms with Crippen LogP contribution in [0.5, 0.6) is 0 Å². The summed E-state index contributed by atoms with van der Waals surface area (Å²) in [6.45, 7) is 1.40. The van der Waals surface area contributed by atoms with E-state index < -0.39 is 0 Å². The number of hydrazine groups is 1. The average molecular weight is 179 g/mol. The number of ketones is 1. The van der Waals surface area contributed by atoms with Gasteiger partial charge in [0, 0.05) is 12.3 Å². The van der Waals surface area contributed by atoms with E-state index in [2.05, 4.69) is 4.99 Å². The molecule has 68 valence electrons. The molecule has 0 saturated heterocycles. The number of allylic oxidation sites excluding steroid dienone is 1. The van der Waals surface area contributed by atoms with Gasteiger partial charge >= 0.3 is 0 Å². The molecule has 0 aromatic heterocycles. The highest BCUT2D eigenvalue weighted by atomic mass is 16.2. The topological polar surface area (TPSA) is 53.0 Å². The number of nitrogens with zero attached hydrogens (tertiary/aromatic N) is 3. The van der Waals surface area contributed by atoms with Crippen LogP contribution in [0, 0.1) is 0 Å². The Morgan fingerprint density at radius 1 is 1.38 bits per heavy atom. The van der Waals surface area contributed by atoms with Gasteiger partial charge in [-0.2, -0.15) is 0 Å². The minimum atomic E-state index is -0.194. The predicted octanol–water partition coefficient (Wildman–Crippen LogP) is -0.440. The molecule has 0 aliphatic carbocycles. The van der Waals surface area contributed by atoms with E-state index >= 15 is 0 Å². The van der Waals surface area contributed by atoms with E-state index in [-0.39, 0.29) is 18.1 Å². The fourth-order valence-electron chi connectivity index (χ4n) is 1.29. The highest BCUT2D eigenvalue weighted by molar-refractivity contribution is 6.06. The first-order valence-electron chi connectivity index (χ1n) is 4.07. The zero-order chi connectivity index (χ0) is 9.26. The standard InChI is InChI=1S/C8H9N3O2/c12-7-1-3-11(8(13)5-7)10-4-2-9-6-10/h1,3,6H,2,4-5H2. The first-order valence-corrected chi connectivity index (χ1v) is 4.07. The van der Waals surface area contributed by atoms with E-state index in [9.17, 15) is 9.59 Å². The van der Waals surface area contributed by atoms with Crippen LogP contribution in [0.4, 0.5) is 0 Å². The number of rotatable bonds is 1. The van der Waals surface area contributed by atoms with Gasteiger partial charge in [-0.1, -0.05) is 0 Å². The van der Waals surface area contributed by atoms with Crippen molar-refractivity contribution in [2.45, 2.75) is 6.42 Å². The van der Waals surface area contributed by atoms with Crippen LogP contribution in [0.25, 0.3) is 0 Å². The SMILES string of the molecule is O=C1C=CN(N2C=NCC2)C(=O)C1. The predicted molar refractivity (Wildman–Crippen MR) is 45.7 cm³/mol. The van der Waals surface area contributed by atoms with Crippen molar-refractivity contribution in [2.24, 2.45) is 4.99 Å². The quantitative estimate of drug-likeness (QED) is 0.513. The molecule has 2 aliphatic rings. The third kappa shape index (κ3) is 1.44. The smallest absolute Gasteiger partial charge is 0.253 e. The summed E-state index contributed by atoms with van der Waals surface area (Å²) in [6.07, 6.45) is 4.47. The van der Waals surface area contributed by atoms with E-state index in [0.29, 0.717) is 13.1 Å². The molecule has 0 spiro atoms. The normalized spacial score (nSPS) is 21.8. The Morgan fingerprint density at radius 2 is 2.23 bits per heavy atom. The van der Waals surface area contributed by atoms with E-state index in [0.717, 1.165) is 0 Å². The maximum Gasteiger partial charge on any atom is 0.253 e. The van der Waals surface area contributed by atoms with Crippen molar-refractivity contribution in [1.29, 1.82) is 0 Å². The summed E-state index contributed by atoms with van der Waals surface area (Å²) in [6, 6.07) is 0. The van der Waals surface area contributed by atoms with Crippen LogP contribution in [-0.4, -0.2) is 41.1 Å². The molecule has 0 bridgehead atoms. The molecule has 13 heavy (non-hydrogen) atoms. The molecule has 0 atom stereocenters. The number of carbonyl (C=O) groups is 2. The van der Waals surface area contributed by atoms with Crippen LogP contribution in [-0.2, 0) is 9.59 Å². The van der Waals surface area contributed by atoms with E-state index in [1.54, 1.807) is 11.3 Å². The number of carbonyl (C=O) groups excluding carboxylic acids is 2. The zero-order valence-electron chi connectivity index (χ0n) is 7.01. The van der Waals surface area contributed by atoms with Crippen molar-refractivity contribution >= 4 is 18.0 Å². The lowest BCUT2D eigenvalue weighted by Crippen LogP contribution is -2.43. The second-order valence-corrected chi connectivity index (χ2v) is 2.88. The Kier molecular flexibility index (Phi) is 1.84. The van der Waals surface area contributed by atoms with Gasteiger partial charge in [-0.25, -0.2) is 5.01 Å². The molecule has 1 amide bonds. The van der Waals surface area contributed by atoms with Gasteiger partial charge in [0.1, 0.15) is 6.34 Å². The molecule has 2 rings (SSSR count). The maximum absolute atomic E-state index is 11.3. The first-order chi connectivity index (χ1) is 6.27. The lowest BCUT2D eigenvalue weighted by molar-refractivity contribution is -0.140. The molecule has 0 aromatic carbocycles. The van der Waals surface area contributed by atoms with Gasteiger partial charge in [-0.15, -0.1) is 0 Å². The molecule has 0 saturated carbocycles. The Hall–Kier alpha value is -1.65. The Morgan fingerprint density at radius 3 is 2.85 bits per heavy atom. The second kappa shape index (κ2) is 3.01. The Balaban J connectivity index is 2.14. The highest BCUT2D eigenvalue weighted by Crippen LogP contribution is 2.09. The van der Waals surface area contributed by atoms with Gasteiger partial charge in [0.25, 0.3) is 5.91 Å². The van der Waals surface area contributed by atoms with Crippen molar-refractivity contribution in [3.63, 3.8) is 0 Å². The molecule has 5 nitrogen and oxygen atoms in total. The highest BCUT2D eigenvalue weighted by Gasteiger charge is 2.24. The summed E-state index contributed by atoms with van der Waals surface area (Å²) in [4.78, 5) is 26.2. The lowest BCUT2D eigenvalue weighted by atomic mass is 10.2. The minimum Gasteiger partial charge on any atom is -0.294 e. The number of amides is 1. The van der Waals surface area contributed by atoms with Gasteiger partial charge in [0.05, 0.1) is 19.5 Å². The van der Waals surface area contributed by atoms with Crippen molar-refractivity contribution in [3.05, 3.63) is 12.3 Å². The van der Waals surface area contributed by atoms with Gasteiger partial charge < -0.3 is 0 Å². The molecular weight excluding hydrogens is 170 g/mol. The summed E-state index contributed by atoms with van der Waals surface area (Å²) in [5.41, 5.74) is 0. The van der Waals surface area contributed by atoms with Gasteiger partial charge in [0.2, 0.25) is 0 Å². The van der Waals surface area contributed by atoms with Crippen molar-refractivity contribution < 1.29 is 9.59 Å². The van der Waals surface area contributed by atoms with Crippen molar-refractivity contribution in [2.75, 3.05) is 13.1 Å². The van der Waals surface area contributed by atoms with Gasteiger partial charge in [0.15, 0.2) is 5.78 Å². The third-order valence-electron chi connectivity index (χ3n) is 1.93. The number of aliphatic imine (C=N–C) groups is 1. The average Bonchev–Trinajstić information content (AvgIpc) is 2.56. The van der Waals surface area contributed by atoms with E-state index in [1.807, 2.05) is 0 Å². The molecule has 0 radical (unpaired) electrons. The molecule has 2 aliphatic heterocycles. The number of hydrogen-bond donors (Lipinski definition) is 0. The molecule has 0 unspecified atom stereocenters. The third-order valence-corrected chi connectivity index (χ3v) is 1.93. The van der Waals surface area contributed by atoms with E-state index in [4.69, 9.17) is 0 Å². The fraction of sp³-hybridized carbons (Fsp3) is 0.375. The van der Waals surface area contributed by atoms with Crippen molar-refractivity contribution in [1.82, 2.24) is 10.0 Å². The second-order valence-electron chi connectivity index (χ2n) is 2.88. The molecule has 0 fully saturated rings. The van der Waals surface area contributed by atoms with Crippen LogP contribution in [0.15, 0.2) is 17.3 Å². The van der Waals surface area contributed by atoms with Gasteiger partial charge in [-0.3, -0.25) is 19.6 Å².